The lowest BCUT2D eigenvalue weighted by Crippen LogP contribution is -2.50. The van der Waals surface area contributed by atoms with Crippen molar-refractivity contribution in [3.63, 3.8) is 0 Å². The average molecular weight is 242 g/mol. The van der Waals surface area contributed by atoms with Crippen molar-refractivity contribution in [3.8, 4) is 0 Å². The topological polar surface area (TPSA) is 69.6 Å². The third-order valence-corrected chi connectivity index (χ3v) is 3.52. The summed E-state index contributed by atoms with van der Waals surface area (Å²) in [6.45, 7) is 6.67. The molecule has 2 N–H and O–H groups in total. The van der Waals surface area contributed by atoms with Crippen molar-refractivity contribution in [1.29, 1.82) is 0 Å². The Labute approximate surface area is 102 Å². The zero-order valence-electron chi connectivity index (χ0n) is 10.8. The molecule has 1 aliphatic heterocycles. The third kappa shape index (κ3) is 3.19. The molecule has 5 nitrogen and oxygen atoms in total. The maximum absolute atomic E-state index is 12.0. The molecule has 2 atom stereocenters. The van der Waals surface area contributed by atoms with E-state index in [0.29, 0.717) is 19.5 Å². The number of amides is 2. The molecule has 1 saturated heterocycles. The smallest absolute Gasteiger partial charge is 0.225 e. The monoisotopic (exact) mass is 242 g/mol. The molecule has 1 fully saturated rings. The van der Waals surface area contributed by atoms with Crippen molar-refractivity contribution in [3.05, 3.63) is 0 Å². The van der Waals surface area contributed by atoms with Crippen LogP contribution in [0.3, 0.4) is 0 Å². The highest BCUT2D eigenvalue weighted by Crippen LogP contribution is 2.19. The Kier molecular flexibility index (Phi) is 4.51. The molecular weight excluding hydrogens is 220 g/mol. The van der Waals surface area contributed by atoms with Crippen molar-refractivity contribution in [2.75, 3.05) is 19.7 Å². The quantitative estimate of drug-likeness (QED) is 0.720. The van der Waals surface area contributed by atoms with E-state index in [1.165, 1.54) is 0 Å². The number of carbonyl (C=O) groups is 2. The molecular formula is C12H22N2O3. The summed E-state index contributed by atoms with van der Waals surface area (Å²) in [5.41, 5.74) is -0.584. The largest absolute Gasteiger partial charge is 0.394 e. The van der Waals surface area contributed by atoms with Gasteiger partial charge in [0.1, 0.15) is 0 Å². The predicted molar refractivity (Wildman–Crippen MR) is 64.3 cm³/mol. The van der Waals surface area contributed by atoms with E-state index < -0.39 is 5.54 Å². The molecule has 1 heterocycles. The Bertz CT molecular complexity index is 300. The van der Waals surface area contributed by atoms with Crippen LogP contribution in [0, 0.1) is 5.92 Å². The second-order valence-corrected chi connectivity index (χ2v) is 4.90. The van der Waals surface area contributed by atoms with Gasteiger partial charge < -0.3 is 15.3 Å². The van der Waals surface area contributed by atoms with E-state index in [0.717, 1.165) is 0 Å². The third-order valence-electron chi connectivity index (χ3n) is 3.52. The molecule has 5 heteroatoms. The molecule has 0 aliphatic carbocycles. The van der Waals surface area contributed by atoms with Gasteiger partial charge in [0.15, 0.2) is 0 Å². The maximum atomic E-state index is 12.0. The van der Waals surface area contributed by atoms with Crippen LogP contribution in [0.2, 0.25) is 0 Å². The molecule has 0 bridgehead atoms. The van der Waals surface area contributed by atoms with E-state index in [9.17, 15) is 14.7 Å². The first-order chi connectivity index (χ1) is 7.95. The first-order valence-electron chi connectivity index (χ1n) is 6.16. The fraction of sp³-hybridized carbons (Fsp3) is 0.833. The van der Waals surface area contributed by atoms with Crippen molar-refractivity contribution >= 4 is 11.8 Å². The van der Waals surface area contributed by atoms with Crippen molar-refractivity contribution in [2.24, 2.45) is 5.92 Å². The number of carbonyl (C=O) groups excluding carboxylic acids is 2. The first kappa shape index (κ1) is 14.0. The Hall–Kier alpha value is -1.10. The summed E-state index contributed by atoms with van der Waals surface area (Å²) in [7, 11) is 0. The Morgan fingerprint density at radius 3 is 2.65 bits per heavy atom. The van der Waals surface area contributed by atoms with Crippen molar-refractivity contribution in [2.45, 2.75) is 39.2 Å². The van der Waals surface area contributed by atoms with E-state index in [4.69, 9.17) is 0 Å². The second kappa shape index (κ2) is 5.49. The lowest BCUT2D eigenvalue weighted by Gasteiger charge is -2.28. The molecule has 17 heavy (non-hydrogen) atoms. The van der Waals surface area contributed by atoms with Gasteiger partial charge in [0.2, 0.25) is 11.8 Å². The maximum Gasteiger partial charge on any atom is 0.225 e. The van der Waals surface area contributed by atoms with Crippen molar-refractivity contribution < 1.29 is 14.7 Å². The summed E-state index contributed by atoms with van der Waals surface area (Å²) >= 11 is 0. The summed E-state index contributed by atoms with van der Waals surface area (Å²) in [6.07, 6.45) is 0.943. The van der Waals surface area contributed by atoms with Crippen LogP contribution in [0.4, 0.5) is 0 Å². The standard InChI is InChI=1S/C12H22N2O3/c1-4-12(3,8-15)13-11(17)9-6-10(16)14(5-2)7-9/h9,15H,4-8H2,1-3H3,(H,13,17). The lowest BCUT2D eigenvalue weighted by molar-refractivity contribution is -0.129. The SMILES string of the molecule is CCN1CC(C(=O)NC(C)(CC)CO)CC1=O. The Balaban J connectivity index is 2.58. The van der Waals surface area contributed by atoms with Gasteiger partial charge in [-0.1, -0.05) is 6.92 Å². The number of hydrogen-bond acceptors (Lipinski definition) is 3. The van der Waals surface area contributed by atoms with Gasteiger partial charge in [0.05, 0.1) is 18.1 Å². The molecule has 0 aromatic carbocycles. The number of likely N-dealkylation sites (tertiary alicyclic amines) is 1. The fourth-order valence-electron chi connectivity index (χ4n) is 1.89. The minimum atomic E-state index is -0.584. The highest BCUT2D eigenvalue weighted by Gasteiger charge is 2.35. The molecule has 0 spiro atoms. The zero-order valence-corrected chi connectivity index (χ0v) is 10.8. The highest BCUT2D eigenvalue weighted by molar-refractivity contribution is 5.89. The lowest BCUT2D eigenvalue weighted by atomic mass is 9.98. The summed E-state index contributed by atoms with van der Waals surface area (Å²) < 4.78 is 0. The van der Waals surface area contributed by atoms with Gasteiger partial charge >= 0.3 is 0 Å². The van der Waals surface area contributed by atoms with Gasteiger partial charge in [-0.15, -0.1) is 0 Å². The second-order valence-electron chi connectivity index (χ2n) is 4.90. The minimum absolute atomic E-state index is 0.0369. The Morgan fingerprint density at radius 2 is 2.24 bits per heavy atom. The molecule has 0 radical (unpaired) electrons. The van der Waals surface area contributed by atoms with Crippen LogP contribution in [-0.2, 0) is 9.59 Å². The van der Waals surface area contributed by atoms with Gasteiger partial charge in [-0.25, -0.2) is 0 Å². The average Bonchev–Trinajstić information content (AvgIpc) is 2.70. The molecule has 98 valence electrons. The van der Waals surface area contributed by atoms with E-state index in [2.05, 4.69) is 5.32 Å². The van der Waals surface area contributed by atoms with Crippen LogP contribution < -0.4 is 5.32 Å². The summed E-state index contributed by atoms with van der Waals surface area (Å²) in [5, 5.41) is 12.1. The van der Waals surface area contributed by atoms with Crippen molar-refractivity contribution in [1.82, 2.24) is 10.2 Å². The summed E-state index contributed by atoms with van der Waals surface area (Å²) in [6, 6.07) is 0. The molecule has 0 saturated carbocycles. The minimum Gasteiger partial charge on any atom is -0.394 e. The van der Waals surface area contributed by atoms with Gasteiger partial charge in [0, 0.05) is 19.5 Å². The van der Waals surface area contributed by atoms with E-state index in [1.807, 2.05) is 13.8 Å². The van der Waals surface area contributed by atoms with Crippen LogP contribution in [0.15, 0.2) is 0 Å². The number of aliphatic hydroxyl groups is 1. The molecule has 2 amide bonds. The van der Waals surface area contributed by atoms with Gasteiger partial charge in [-0.2, -0.15) is 0 Å². The first-order valence-corrected chi connectivity index (χ1v) is 6.16. The fourth-order valence-corrected chi connectivity index (χ4v) is 1.89. The number of aliphatic hydroxyl groups excluding tert-OH is 1. The van der Waals surface area contributed by atoms with Crippen LogP contribution in [-0.4, -0.2) is 47.1 Å². The van der Waals surface area contributed by atoms with Gasteiger partial charge in [0.25, 0.3) is 0 Å². The molecule has 1 aliphatic rings. The molecule has 2 unspecified atom stereocenters. The number of hydrogen-bond donors (Lipinski definition) is 2. The Morgan fingerprint density at radius 1 is 1.59 bits per heavy atom. The van der Waals surface area contributed by atoms with E-state index in [1.54, 1.807) is 11.8 Å². The van der Waals surface area contributed by atoms with Crippen LogP contribution in [0.5, 0.6) is 0 Å². The van der Waals surface area contributed by atoms with Crippen LogP contribution in [0.1, 0.15) is 33.6 Å². The highest BCUT2D eigenvalue weighted by atomic mass is 16.3. The summed E-state index contributed by atoms with van der Waals surface area (Å²) in [5.74, 6) is -0.373. The summed E-state index contributed by atoms with van der Waals surface area (Å²) in [4.78, 5) is 25.2. The molecule has 0 aromatic rings. The number of rotatable bonds is 5. The van der Waals surface area contributed by atoms with Crippen LogP contribution >= 0.6 is 0 Å². The normalized spacial score (nSPS) is 23.6. The number of nitrogens with zero attached hydrogens (tertiary/aromatic N) is 1. The van der Waals surface area contributed by atoms with Gasteiger partial charge in [-0.05, 0) is 20.3 Å². The number of nitrogens with one attached hydrogen (secondary N) is 1. The van der Waals surface area contributed by atoms with Gasteiger partial charge in [-0.3, -0.25) is 9.59 Å². The van der Waals surface area contributed by atoms with E-state index >= 15 is 0 Å². The molecule has 1 rings (SSSR count). The predicted octanol–water partition coefficient (Wildman–Crippen LogP) is 0.132. The van der Waals surface area contributed by atoms with E-state index in [-0.39, 0.29) is 30.8 Å². The van der Waals surface area contributed by atoms with Crippen LogP contribution in [0.25, 0.3) is 0 Å². The zero-order chi connectivity index (χ0) is 13.1. The molecule has 0 aromatic heterocycles.